The second kappa shape index (κ2) is 5.98. The van der Waals surface area contributed by atoms with Gasteiger partial charge in [0.15, 0.2) is 0 Å². The van der Waals surface area contributed by atoms with Gasteiger partial charge in [-0.1, -0.05) is 36.4 Å². The summed E-state index contributed by atoms with van der Waals surface area (Å²) in [4.78, 5) is 16.7. The lowest BCUT2D eigenvalue weighted by Gasteiger charge is -2.10. The molecule has 3 heteroatoms. The Morgan fingerprint density at radius 3 is 2.77 bits per heavy atom. The fourth-order valence-corrected chi connectivity index (χ4v) is 2.55. The molecule has 3 nitrogen and oxygen atoms in total. The zero-order valence-electron chi connectivity index (χ0n) is 12.8. The number of amides is 1. The molecule has 0 aliphatic carbocycles. The van der Waals surface area contributed by atoms with Crippen LogP contribution < -0.4 is 5.32 Å². The van der Waals surface area contributed by atoms with E-state index in [1.165, 1.54) is 0 Å². The van der Waals surface area contributed by atoms with Gasteiger partial charge in [0.05, 0.1) is 11.9 Å². The predicted molar refractivity (Wildman–Crippen MR) is 90.0 cm³/mol. The summed E-state index contributed by atoms with van der Waals surface area (Å²) in [5.74, 6) is -0.0214. The summed E-state index contributed by atoms with van der Waals surface area (Å²) in [6.45, 7) is 4.01. The molecule has 110 valence electrons. The first-order valence-electron chi connectivity index (χ1n) is 7.33. The molecule has 3 aromatic rings. The van der Waals surface area contributed by atoms with Crippen LogP contribution >= 0.6 is 0 Å². The monoisotopic (exact) mass is 290 g/mol. The Bertz CT molecular complexity index is 834. The van der Waals surface area contributed by atoms with Crippen LogP contribution in [0.3, 0.4) is 0 Å². The van der Waals surface area contributed by atoms with Gasteiger partial charge in [-0.05, 0) is 42.7 Å². The number of nitrogens with zero attached hydrogens (tertiary/aromatic N) is 1. The minimum Gasteiger partial charge on any atom is -0.326 e. The molecular weight excluding hydrogens is 272 g/mol. The van der Waals surface area contributed by atoms with Crippen LogP contribution in [0, 0.1) is 13.8 Å². The largest absolute Gasteiger partial charge is 0.326 e. The van der Waals surface area contributed by atoms with E-state index in [1.54, 1.807) is 6.20 Å². The Morgan fingerprint density at radius 1 is 1.09 bits per heavy atom. The van der Waals surface area contributed by atoms with E-state index in [4.69, 9.17) is 0 Å². The van der Waals surface area contributed by atoms with Gasteiger partial charge in [-0.25, -0.2) is 0 Å². The van der Waals surface area contributed by atoms with Gasteiger partial charge in [0.2, 0.25) is 5.91 Å². The highest BCUT2D eigenvalue weighted by Gasteiger charge is 2.09. The van der Waals surface area contributed by atoms with Crippen LogP contribution in [0.2, 0.25) is 0 Å². The minimum atomic E-state index is -0.0214. The van der Waals surface area contributed by atoms with E-state index in [9.17, 15) is 4.79 Å². The van der Waals surface area contributed by atoms with Crippen molar-refractivity contribution in [2.75, 3.05) is 5.32 Å². The minimum absolute atomic E-state index is 0.0214. The third-order valence-corrected chi connectivity index (χ3v) is 3.73. The van der Waals surface area contributed by atoms with Gasteiger partial charge in [-0.15, -0.1) is 0 Å². The SMILES string of the molecule is Cc1ccc(C)c(NC(=O)Cc2cccc3cccnc23)c1. The fourth-order valence-electron chi connectivity index (χ4n) is 2.55. The molecule has 0 aliphatic rings. The van der Waals surface area contributed by atoms with Crippen molar-refractivity contribution in [1.82, 2.24) is 4.98 Å². The van der Waals surface area contributed by atoms with Crippen molar-refractivity contribution < 1.29 is 4.79 Å². The van der Waals surface area contributed by atoms with E-state index in [0.717, 1.165) is 33.3 Å². The molecule has 1 aromatic heterocycles. The third-order valence-electron chi connectivity index (χ3n) is 3.73. The van der Waals surface area contributed by atoms with Gasteiger partial charge in [0.1, 0.15) is 0 Å². The zero-order valence-corrected chi connectivity index (χ0v) is 12.8. The Hall–Kier alpha value is -2.68. The summed E-state index contributed by atoms with van der Waals surface area (Å²) in [6.07, 6.45) is 2.08. The molecule has 22 heavy (non-hydrogen) atoms. The second-order valence-corrected chi connectivity index (χ2v) is 5.54. The molecule has 0 spiro atoms. The average molecular weight is 290 g/mol. The summed E-state index contributed by atoms with van der Waals surface area (Å²) in [7, 11) is 0. The predicted octanol–water partition coefficient (Wildman–Crippen LogP) is 4.03. The van der Waals surface area contributed by atoms with Crippen LogP contribution in [0.4, 0.5) is 5.69 Å². The van der Waals surface area contributed by atoms with Crippen molar-refractivity contribution in [2.45, 2.75) is 20.3 Å². The first-order valence-corrected chi connectivity index (χ1v) is 7.33. The molecule has 0 atom stereocenters. The number of para-hydroxylation sites is 1. The lowest BCUT2D eigenvalue weighted by atomic mass is 10.1. The van der Waals surface area contributed by atoms with Crippen molar-refractivity contribution in [1.29, 1.82) is 0 Å². The summed E-state index contributed by atoms with van der Waals surface area (Å²) in [6, 6.07) is 15.9. The molecule has 0 aliphatic heterocycles. The van der Waals surface area contributed by atoms with E-state index in [-0.39, 0.29) is 5.91 Å². The van der Waals surface area contributed by atoms with Crippen LogP contribution in [-0.2, 0) is 11.2 Å². The second-order valence-electron chi connectivity index (χ2n) is 5.54. The zero-order chi connectivity index (χ0) is 15.5. The first-order chi connectivity index (χ1) is 10.6. The Morgan fingerprint density at radius 2 is 1.91 bits per heavy atom. The molecule has 1 N–H and O–H groups in total. The molecule has 0 fully saturated rings. The van der Waals surface area contributed by atoms with Gasteiger partial charge < -0.3 is 5.32 Å². The Balaban J connectivity index is 1.83. The molecule has 1 heterocycles. The first kappa shape index (κ1) is 14.3. The van der Waals surface area contributed by atoms with Crippen molar-refractivity contribution in [3.63, 3.8) is 0 Å². The smallest absolute Gasteiger partial charge is 0.228 e. The van der Waals surface area contributed by atoms with Gasteiger partial charge in [0, 0.05) is 17.3 Å². The Kier molecular flexibility index (Phi) is 3.88. The standard InChI is InChI=1S/C19H18N2O/c1-13-8-9-14(2)17(11-13)21-18(22)12-16-6-3-5-15-7-4-10-20-19(15)16/h3-11H,12H2,1-2H3,(H,21,22). The number of rotatable bonds is 3. The van der Waals surface area contributed by atoms with Gasteiger partial charge in [-0.3, -0.25) is 9.78 Å². The van der Waals surface area contributed by atoms with Crippen LogP contribution in [0.25, 0.3) is 10.9 Å². The van der Waals surface area contributed by atoms with E-state index in [2.05, 4.69) is 10.3 Å². The number of carbonyl (C=O) groups excluding carboxylic acids is 1. The Labute approximate surface area is 130 Å². The van der Waals surface area contributed by atoms with E-state index in [1.807, 2.05) is 62.4 Å². The summed E-state index contributed by atoms with van der Waals surface area (Å²) in [5.41, 5.74) is 4.91. The van der Waals surface area contributed by atoms with Crippen LogP contribution in [0.1, 0.15) is 16.7 Å². The number of fused-ring (bicyclic) bond motifs is 1. The number of aryl methyl sites for hydroxylation is 2. The van der Waals surface area contributed by atoms with Gasteiger partial charge in [0.25, 0.3) is 0 Å². The molecule has 0 radical (unpaired) electrons. The summed E-state index contributed by atoms with van der Waals surface area (Å²) in [5, 5.41) is 4.05. The number of nitrogens with one attached hydrogen (secondary N) is 1. The molecule has 0 saturated heterocycles. The lowest BCUT2D eigenvalue weighted by Crippen LogP contribution is -2.15. The molecule has 0 unspecified atom stereocenters. The number of aromatic nitrogens is 1. The highest BCUT2D eigenvalue weighted by molar-refractivity contribution is 5.95. The van der Waals surface area contributed by atoms with E-state index >= 15 is 0 Å². The molecule has 3 rings (SSSR count). The quantitative estimate of drug-likeness (QED) is 0.791. The van der Waals surface area contributed by atoms with Crippen molar-refractivity contribution in [3.8, 4) is 0 Å². The average Bonchev–Trinajstić information content (AvgIpc) is 2.51. The third kappa shape index (κ3) is 2.98. The topological polar surface area (TPSA) is 42.0 Å². The maximum Gasteiger partial charge on any atom is 0.228 e. The van der Waals surface area contributed by atoms with E-state index < -0.39 is 0 Å². The number of hydrogen-bond acceptors (Lipinski definition) is 2. The van der Waals surface area contributed by atoms with Gasteiger partial charge in [-0.2, -0.15) is 0 Å². The lowest BCUT2D eigenvalue weighted by molar-refractivity contribution is -0.115. The molecule has 0 saturated carbocycles. The van der Waals surface area contributed by atoms with E-state index in [0.29, 0.717) is 6.42 Å². The maximum atomic E-state index is 12.4. The normalized spacial score (nSPS) is 10.6. The fraction of sp³-hybridized carbons (Fsp3) is 0.158. The van der Waals surface area contributed by atoms with Crippen LogP contribution in [-0.4, -0.2) is 10.9 Å². The van der Waals surface area contributed by atoms with Crippen molar-refractivity contribution in [3.05, 3.63) is 71.4 Å². The van der Waals surface area contributed by atoms with Crippen LogP contribution in [0.15, 0.2) is 54.7 Å². The molecular formula is C19H18N2O. The maximum absolute atomic E-state index is 12.4. The van der Waals surface area contributed by atoms with Crippen molar-refractivity contribution in [2.24, 2.45) is 0 Å². The molecule has 1 amide bonds. The molecule has 2 aromatic carbocycles. The summed E-state index contributed by atoms with van der Waals surface area (Å²) >= 11 is 0. The number of carbonyl (C=O) groups is 1. The highest BCUT2D eigenvalue weighted by atomic mass is 16.1. The van der Waals surface area contributed by atoms with Crippen molar-refractivity contribution >= 4 is 22.5 Å². The number of hydrogen-bond donors (Lipinski definition) is 1. The highest BCUT2D eigenvalue weighted by Crippen LogP contribution is 2.19. The number of pyridine rings is 1. The number of anilines is 1. The van der Waals surface area contributed by atoms with Gasteiger partial charge >= 0.3 is 0 Å². The van der Waals surface area contributed by atoms with Crippen LogP contribution in [0.5, 0.6) is 0 Å². The number of benzene rings is 2. The summed E-state index contributed by atoms with van der Waals surface area (Å²) < 4.78 is 0. The molecule has 0 bridgehead atoms.